The zero-order chi connectivity index (χ0) is 18.6. The number of hydrogen-bond acceptors (Lipinski definition) is 2. The van der Waals surface area contributed by atoms with Crippen LogP contribution in [0.15, 0.2) is 84.9 Å². The standard InChI is InChI=1S/C23H19ClN2O/c1-26-22(19-12-6-3-7-13-19)23(21(25-26)18-10-4-2-5-11-18)27-16-17-9-8-14-20(24)15-17/h2-15H,16H2,1H3. The van der Waals surface area contributed by atoms with Crippen molar-refractivity contribution in [3.8, 4) is 28.3 Å². The SMILES string of the molecule is Cn1nc(-c2ccccc2)c(OCc2cccc(Cl)c2)c1-c1ccccc1. The minimum absolute atomic E-state index is 0.423. The van der Waals surface area contributed by atoms with Gasteiger partial charge in [-0.2, -0.15) is 5.10 Å². The maximum Gasteiger partial charge on any atom is 0.173 e. The first-order chi connectivity index (χ1) is 13.2. The summed E-state index contributed by atoms with van der Waals surface area (Å²) in [7, 11) is 1.95. The van der Waals surface area contributed by atoms with Crippen LogP contribution in [0.4, 0.5) is 0 Å². The van der Waals surface area contributed by atoms with Crippen LogP contribution >= 0.6 is 11.6 Å². The zero-order valence-electron chi connectivity index (χ0n) is 15.0. The van der Waals surface area contributed by atoms with Crippen LogP contribution in [-0.4, -0.2) is 9.78 Å². The topological polar surface area (TPSA) is 27.1 Å². The van der Waals surface area contributed by atoms with Gasteiger partial charge in [0, 0.05) is 23.2 Å². The van der Waals surface area contributed by atoms with Crippen LogP contribution in [0.25, 0.3) is 22.5 Å². The molecule has 4 heteroatoms. The van der Waals surface area contributed by atoms with Crippen molar-refractivity contribution in [1.29, 1.82) is 0 Å². The molecule has 0 saturated heterocycles. The Balaban J connectivity index is 1.79. The Morgan fingerprint density at radius 3 is 2.19 bits per heavy atom. The Labute approximate surface area is 163 Å². The normalized spacial score (nSPS) is 10.7. The van der Waals surface area contributed by atoms with Gasteiger partial charge < -0.3 is 4.74 Å². The molecule has 4 rings (SSSR count). The molecular weight excluding hydrogens is 356 g/mol. The van der Waals surface area contributed by atoms with Crippen molar-refractivity contribution >= 4 is 11.6 Å². The van der Waals surface area contributed by atoms with Gasteiger partial charge in [0.25, 0.3) is 0 Å². The molecule has 0 fully saturated rings. The number of aryl methyl sites for hydroxylation is 1. The lowest BCUT2D eigenvalue weighted by atomic mass is 10.1. The van der Waals surface area contributed by atoms with Crippen LogP contribution in [0.5, 0.6) is 5.75 Å². The van der Waals surface area contributed by atoms with Gasteiger partial charge in [-0.1, -0.05) is 84.4 Å². The lowest BCUT2D eigenvalue weighted by molar-refractivity contribution is 0.308. The van der Waals surface area contributed by atoms with Crippen LogP contribution in [0.1, 0.15) is 5.56 Å². The van der Waals surface area contributed by atoms with Crippen molar-refractivity contribution in [2.75, 3.05) is 0 Å². The molecule has 0 unspecified atom stereocenters. The predicted octanol–water partition coefficient (Wildman–Crippen LogP) is 5.99. The monoisotopic (exact) mass is 374 g/mol. The van der Waals surface area contributed by atoms with E-state index < -0.39 is 0 Å². The fraction of sp³-hybridized carbons (Fsp3) is 0.0870. The van der Waals surface area contributed by atoms with Gasteiger partial charge in [-0.05, 0) is 17.7 Å². The minimum atomic E-state index is 0.423. The Morgan fingerprint density at radius 1 is 0.852 bits per heavy atom. The molecule has 0 spiro atoms. The highest BCUT2D eigenvalue weighted by Crippen LogP contribution is 2.39. The van der Waals surface area contributed by atoms with Crippen molar-refractivity contribution in [3.63, 3.8) is 0 Å². The van der Waals surface area contributed by atoms with Gasteiger partial charge in [0.1, 0.15) is 18.0 Å². The fourth-order valence-electron chi connectivity index (χ4n) is 3.12. The molecule has 0 aliphatic rings. The fourth-order valence-corrected chi connectivity index (χ4v) is 3.34. The van der Waals surface area contributed by atoms with E-state index in [2.05, 4.69) is 12.1 Å². The molecule has 0 saturated carbocycles. The summed E-state index contributed by atoms with van der Waals surface area (Å²) < 4.78 is 8.18. The van der Waals surface area contributed by atoms with Gasteiger partial charge >= 0.3 is 0 Å². The maximum absolute atomic E-state index is 6.30. The lowest BCUT2D eigenvalue weighted by Crippen LogP contribution is -1.98. The Kier molecular flexibility index (Phi) is 4.95. The molecule has 0 atom stereocenters. The molecule has 3 aromatic carbocycles. The second kappa shape index (κ2) is 7.68. The van der Waals surface area contributed by atoms with E-state index in [4.69, 9.17) is 21.4 Å². The number of aromatic nitrogens is 2. The van der Waals surface area contributed by atoms with Crippen molar-refractivity contribution < 1.29 is 4.74 Å². The highest BCUT2D eigenvalue weighted by Gasteiger charge is 2.20. The molecule has 0 radical (unpaired) electrons. The molecular formula is C23H19ClN2O. The molecule has 0 bridgehead atoms. The first-order valence-electron chi connectivity index (χ1n) is 8.77. The van der Waals surface area contributed by atoms with Gasteiger partial charge in [-0.25, -0.2) is 0 Å². The van der Waals surface area contributed by atoms with Gasteiger partial charge in [0.05, 0.1) is 0 Å². The third-order valence-corrected chi connectivity index (χ3v) is 4.61. The van der Waals surface area contributed by atoms with Crippen LogP contribution in [-0.2, 0) is 13.7 Å². The van der Waals surface area contributed by atoms with Gasteiger partial charge in [0.15, 0.2) is 5.75 Å². The van der Waals surface area contributed by atoms with E-state index in [1.165, 1.54) is 0 Å². The number of hydrogen-bond donors (Lipinski definition) is 0. The first kappa shape index (κ1) is 17.4. The molecule has 0 aliphatic carbocycles. The predicted molar refractivity (Wildman–Crippen MR) is 110 cm³/mol. The average Bonchev–Trinajstić information content (AvgIpc) is 3.04. The Bertz CT molecular complexity index is 1040. The molecule has 27 heavy (non-hydrogen) atoms. The van der Waals surface area contributed by atoms with Crippen molar-refractivity contribution in [2.24, 2.45) is 7.05 Å². The molecule has 1 aromatic heterocycles. The molecule has 0 aliphatic heterocycles. The van der Waals surface area contributed by atoms with E-state index in [9.17, 15) is 0 Å². The third-order valence-electron chi connectivity index (χ3n) is 4.37. The Hall–Kier alpha value is -3.04. The summed E-state index contributed by atoms with van der Waals surface area (Å²) in [6, 6.07) is 28.0. The second-order valence-corrected chi connectivity index (χ2v) is 6.74. The first-order valence-corrected chi connectivity index (χ1v) is 9.15. The van der Waals surface area contributed by atoms with Gasteiger partial charge in [0.2, 0.25) is 0 Å². The molecule has 0 amide bonds. The summed E-state index contributed by atoms with van der Waals surface area (Å²) in [4.78, 5) is 0. The summed E-state index contributed by atoms with van der Waals surface area (Å²) in [5, 5.41) is 5.46. The van der Waals surface area contributed by atoms with E-state index in [1.54, 1.807) is 0 Å². The summed E-state index contributed by atoms with van der Waals surface area (Å²) >= 11 is 6.11. The van der Waals surface area contributed by atoms with Crippen LogP contribution in [0.2, 0.25) is 5.02 Å². The minimum Gasteiger partial charge on any atom is -0.484 e. The molecule has 4 aromatic rings. The molecule has 3 nitrogen and oxygen atoms in total. The number of nitrogens with zero attached hydrogens (tertiary/aromatic N) is 2. The zero-order valence-corrected chi connectivity index (χ0v) is 15.7. The van der Waals surface area contributed by atoms with E-state index in [0.717, 1.165) is 33.8 Å². The van der Waals surface area contributed by atoms with Gasteiger partial charge in [-0.3, -0.25) is 4.68 Å². The molecule has 1 heterocycles. The third kappa shape index (κ3) is 3.74. The van der Waals surface area contributed by atoms with E-state index in [1.807, 2.05) is 84.5 Å². The largest absolute Gasteiger partial charge is 0.484 e. The Morgan fingerprint density at radius 2 is 1.52 bits per heavy atom. The second-order valence-electron chi connectivity index (χ2n) is 6.30. The number of rotatable bonds is 5. The number of halogens is 1. The average molecular weight is 375 g/mol. The van der Waals surface area contributed by atoms with Gasteiger partial charge in [-0.15, -0.1) is 0 Å². The summed E-state index contributed by atoms with van der Waals surface area (Å²) in [6.45, 7) is 0.423. The smallest absolute Gasteiger partial charge is 0.173 e. The summed E-state index contributed by atoms with van der Waals surface area (Å²) in [5.74, 6) is 0.773. The lowest BCUT2D eigenvalue weighted by Gasteiger charge is -2.10. The maximum atomic E-state index is 6.30. The summed E-state index contributed by atoms with van der Waals surface area (Å²) in [6.07, 6.45) is 0. The van der Waals surface area contributed by atoms with E-state index in [-0.39, 0.29) is 0 Å². The van der Waals surface area contributed by atoms with Crippen LogP contribution < -0.4 is 4.74 Å². The molecule has 134 valence electrons. The highest BCUT2D eigenvalue weighted by atomic mass is 35.5. The highest BCUT2D eigenvalue weighted by molar-refractivity contribution is 6.30. The summed E-state index contributed by atoms with van der Waals surface area (Å²) in [5.41, 5.74) is 4.90. The van der Waals surface area contributed by atoms with Crippen LogP contribution in [0, 0.1) is 0 Å². The van der Waals surface area contributed by atoms with E-state index >= 15 is 0 Å². The van der Waals surface area contributed by atoms with Crippen molar-refractivity contribution in [3.05, 3.63) is 95.5 Å². The quantitative estimate of drug-likeness (QED) is 0.429. The number of ether oxygens (including phenoxy) is 1. The van der Waals surface area contributed by atoms with Crippen molar-refractivity contribution in [1.82, 2.24) is 9.78 Å². The van der Waals surface area contributed by atoms with E-state index in [0.29, 0.717) is 11.6 Å². The van der Waals surface area contributed by atoms with Crippen LogP contribution in [0.3, 0.4) is 0 Å². The van der Waals surface area contributed by atoms with Crippen molar-refractivity contribution in [2.45, 2.75) is 6.61 Å². The molecule has 0 N–H and O–H groups in total. The number of benzene rings is 3.